The van der Waals surface area contributed by atoms with E-state index in [1.165, 1.54) is 19.3 Å². The van der Waals surface area contributed by atoms with Crippen LogP contribution in [0.2, 0.25) is 0 Å². The lowest BCUT2D eigenvalue weighted by Crippen LogP contribution is -2.18. The molecule has 0 radical (unpaired) electrons. The molecule has 0 fully saturated rings. The zero-order valence-electron chi connectivity index (χ0n) is 11.9. The Kier molecular flexibility index (Phi) is 7.47. The van der Waals surface area contributed by atoms with E-state index in [1.54, 1.807) is 12.4 Å². The van der Waals surface area contributed by atoms with Crippen molar-refractivity contribution in [2.24, 2.45) is 5.10 Å². The van der Waals surface area contributed by atoms with Crippen LogP contribution in [0.25, 0.3) is 0 Å². The van der Waals surface area contributed by atoms with Crippen molar-refractivity contribution in [2.45, 2.75) is 52.4 Å². The quantitative estimate of drug-likeness (QED) is 0.443. The number of carbonyl (C=O) groups is 1. The van der Waals surface area contributed by atoms with Crippen molar-refractivity contribution in [1.82, 2.24) is 10.4 Å². The Morgan fingerprint density at radius 1 is 1.21 bits per heavy atom. The highest BCUT2D eigenvalue weighted by Gasteiger charge is 2.01. The minimum atomic E-state index is -0.00935. The average molecular weight is 261 g/mol. The molecule has 0 unspecified atom stereocenters. The van der Waals surface area contributed by atoms with Gasteiger partial charge in [-0.15, -0.1) is 0 Å². The van der Waals surface area contributed by atoms with Crippen LogP contribution in [0.3, 0.4) is 0 Å². The average Bonchev–Trinajstić information content (AvgIpc) is 2.45. The molecule has 0 aromatic carbocycles. The molecule has 104 valence electrons. The second kappa shape index (κ2) is 9.25. The predicted molar refractivity (Wildman–Crippen MR) is 78.0 cm³/mol. The van der Waals surface area contributed by atoms with Gasteiger partial charge in [0.15, 0.2) is 0 Å². The van der Waals surface area contributed by atoms with Gasteiger partial charge in [0, 0.05) is 24.4 Å². The molecule has 1 amide bonds. The SMILES string of the molecule is CCCCCCCC(=O)N/N=C(\C)c1ccncc1. The Morgan fingerprint density at radius 3 is 2.58 bits per heavy atom. The van der Waals surface area contributed by atoms with Crippen molar-refractivity contribution < 1.29 is 4.79 Å². The van der Waals surface area contributed by atoms with Gasteiger partial charge in [0.1, 0.15) is 0 Å². The van der Waals surface area contributed by atoms with E-state index >= 15 is 0 Å². The zero-order valence-corrected chi connectivity index (χ0v) is 11.9. The Morgan fingerprint density at radius 2 is 1.89 bits per heavy atom. The van der Waals surface area contributed by atoms with Gasteiger partial charge in [-0.05, 0) is 25.5 Å². The molecule has 1 aromatic rings. The van der Waals surface area contributed by atoms with Crippen molar-refractivity contribution in [3.63, 3.8) is 0 Å². The highest BCUT2D eigenvalue weighted by atomic mass is 16.2. The van der Waals surface area contributed by atoms with Crippen LogP contribution in [-0.2, 0) is 4.79 Å². The number of nitrogens with zero attached hydrogens (tertiary/aromatic N) is 2. The number of amides is 1. The summed E-state index contributed by atoms with van der Waals surface area (Å²) in [5, 5.41) is 4.10. The topological polar surface area (TPSA) is 54.4 Å². The summed E-state index contributed by atoms with van der Waals surface area (Å²) in [7, 11) is 0. The highest BCUT2D eigenvalue weighted by molar-refractivity contribution is 5.99. The standard InChI is InChI=1S/C15H23N3O/c1-3-4-5-6-7-8-15(19)18-17-13(2)14-9-11-16-12-10-14/h9-12H,3-8H2,1-2H3,(H,18,19)/b17-13+. The maximum Gasteiger partial charge on any atom is 0.240 e. The molecule has 1 N–H and O–H groups in total. The van der Waals surface area contributed by atoms with Crippen molar-refractivity contribution in [1.29, 1.82) is 0 Å². The molecule has 0 aliphatic heterocycles. The lowest BCUT2D eigenvalue weighted by atomic mass is 10.1. The van der Waals surface area contributed by atoms with Crippen molar-refractivity contribution in [3.05, 3.63) is 30.1 Å². The van der Waals surface area contributed by atoms with Gasteiger partial charge in [-0.2, -0.15) is 5.10 Å². The summed E-state index contributed by atoms with van der Waals surface area (Å²) in [4.78, 5) is 15.5. The molecule has 0 aliphatic carbocycles. The maximum atomic E-state index is 11.6. The minimum absolute atomic E-state index is 0.00935. The van der Waals surface area contributed by atoms with Crippen LogP contribution in [0.4, 0.5) is 0 Å². The molecule has 1 heterocycles. The van der Waals surface area contributed by atoms with Crippen LogP contribution in [0, 0.1) is 0 Å². The van der Waals surface area contributed by atoms with E-state index < -0.39 is 0 Å². The van der Waals surface area contributed by atoms with Gasteiger partial charge in [-0.3, -0.25) is 9.78 Å². The molecule has 0 aliphatic rings. The van der Waals surface area contributed by atoms with E-state index in [1.807, 2.05) is 19.1 Å². The minimum Gasteiger partial charge on any atom is -0.273 e. The van der Waals surface area contributed by atoms with Crippen LogP contribution in [-0.4, -0.2) is 16.6 Å². The van der Waals surface area contributed by atoms with Crippen molar-refractivity contribution in [2.75, 3.05) is 0 Å². The molecule has 1 rings (SSSR count). The van der Waals surface area contributed by atoms with Gasteiger partial charge in [-0.1, -0.05) is 32.6 Å². The molecule has 1 aromatic heterocycles. The van der Waals surface area contributed by atoms with Gasteiger partial charge in [0.2, 0.25) is 5.91 Å². The fourth-order valence-corrected chi connectivity index (χ4v) is 1.75. The summed E-state index contributed by atoms with van der Waals surface area (Å²) < 4.78 is 0. The molecule has 0 saturated heterocycles. The Bertz CT molecular complexity index is 401. The fourth-order valence-electron chi connectivity index (χ4n) is 1.75. The monoisotopic (exact) mass is 261 g/mol. The Hall–Kier alpha value is -1.71. The molecular weight excluding hydrogens is 238 g/mol. The number of rotatable bonds is 8. The number of hydrogen-bond donors (Lipinski definition) is 1. The predicted octanol–water partition coefficient (Wildman–Crippen LogP) is 3.28. The van der Waals surface area contributed by atoms with E-state index in [9.17, 15) is 4.79 Å². The van der Waals surface area contributed by atoms with Crippen molar-refractivity contribution in [3.8, 4) is 0 Å². The lowest BCUT2D eigenvalue weighted by Gasteiger charge is -2.03. The van der Waals surface area contributed by atoms with E-state index in [2.05, 4.69) is 22.4 Å². The molecule has 4 heteroatoms. The van der Waals surface area contributed by atoms with Crippen LogP contribution in [0.15, 0.2) is 29.6 Å². The summed E-state index contributed by atoms with van der Waals surface area (Å²) in [5.74, 6) is -0.00935. The summed E-state index contributed by atoms with van der Waals surface area (Å²) in [6.07, 6.45) is 9.72. The number of unbranched alkanes of at least 4 members (excludes halogenated alkanes) is 4. The molecule has 4 nitrogen and oxygen atoms in total. The van der Waals surface area contributed by atoms with Crippen molar-refractivity contribution >= 4 is 11.6 Å². The third kappa shape index (κ3) is 6.70. The maximum absolute atomic E-state index is 11.6. The van der Waals surface area contributed by atoms with Gasteiger partial charge < -0.3 is 0 Å². The lowest BCUT2D eigenvalue weighted by molar-refractivity contribution is -0.121. The van der Waals surface area contributed by atoms with E-state index in [0.717, 1.165) is 24.1 Å². The first-order valence-corrected chi connectivity index (χ1v) is 6.97. The van der Waals surface area contributed by atoms with Gasteiger partial charge in [-0.25, -0.2) is 5.43 Å². The summed E-state index contributed by atoms with van der Waals surface area (Å²) in [5.41, 5.74) is 4.36. The number of pyridine rings is 1. The first-order valence-electron chi connectivity index (χ1n) is 6.97. The van der Waals surface area contributed by atoms with Gasteiger partial charge in [0.25, 0.3) is 0 Å². The molecule has 0 spiro atoms. The first kappa shape index (κ1) is 15.3. The van der Waals surface area contributed by atoms with E-state index in [-0.39, 0.29) is 5.91 Å². The van der Waals surface area contributed by atoms with Crippen LogP contribution >= 0.6 is 0 Å². The van der Waals surface area contributed by atoms with Crippen LogP contribution in [0.1, 0.15) is 57.9 Å². The zero-order chi connectivity index (χ0) is 13.9. The van der Waals surface area contributed by atoms with Crippen LogP contribution in [0.5, 0.6) is 0 Å². The largest absolute Gasteiger partial charge is 0.273 e. The third-order valence-corrected chi connectivity index (χ3v) is 2.95. The number of nitrogens with one attached hydrogen (secondary N) is 1. The second-order valence-corrected chi connectivity index (χ2v) is 4.63. The molecule has 19 heavy (non-hydrogen) atoms. The van der Waals surface area contributed by atoms with E-state index in [0.29, 0.717) is 6.42 Å². The molecular formula is C15H23N3O. The number of hydrogen-bond acceptors (Lipinski definition) is 3. The van der Waals surface area contributed by atoms with Gasteiger partial charge >= 0.3 is 0 Å². The smallest absolute Gasteiger partial charge is 0.240 e. The molecule has 0 saturated carbocycles. The van der Waals surface area contributed by atoms with E-state index in [4.69, 9.17) is 0 Å². The first-order chi connectivity index (χ1) is 9.24. The number of aromatic nitrogens is 1. The summed E-state index contributed by atoms with van der Waals surface area (Å²) >= 11 is 0. The van der Waals surface area contributed by atoms with Gasteiger partial charge in [0.05, 0.1) is 5.71 Å². The fraction of sp³-hybridized carbons (Fsp3) is 0.533. The Labute approximate surface area is 115 Å². The molecule has 0 atom stereocenters. The van der Waals surface area contributed by atoms with Crippen LogP contribution < -0.4 is 5.43 Å². The molecule has 0 bridgehead atoms. The summed E-state index contributed by atoms with van der Waals surface area (Å²) in [6.45, 7) is 4.06. The normalized spacial score (nSPS) is 11.4. The number of hydrazone groups is 1. The third-order valence-electron chi connectivity index (χ3n) is 2.95. The Balaban J connectivity index is 2.25. The second-order valence-electron chi connectivity index (χ2n) is 4.63. The highest BCUT2D eigenvalue weighted by Crippen LogP contribution is 2.04. The summed E-state index contributed by atoms with van der Waals surface area (Å²) in [6, 6.07) is 3.74. The number of carbonyl (C=O) groups excluding carboxylic acids is 1.